The number of aromatic nitrogens is 1. The van der Waals surface area contributed by atoms with Crippen molar-refractivity contribution in [3.63, 3.8) is 0 Å². The number of methoxy groups -OCH3 is 1. The predicted molar refractivity (Wildman–Crippen MR) is 57.8 cm³/mol. The van der Waals surface area contributed by atoms with E-state index in [1.165, 1.54) is 13.3 Å². The van der Waals surface area contributed by atoms with Gasteiger partial charge in [-0.3, -0.25) is 4.79 Å². The molecule has 0 saturated carbocycles. The van der Waals surface area contributed by atoms with Crippen LogP contribution in [0.4, 0.5) is 0 Å². The number of carbonyl (C=O) groups excluding carboxylic acids is 1. The third-order valence-corrected chi connectivity index (χ3v) is 2.30. The molecule has 1 aromatic rings. The molecular formula is C10H7Cl2NO2. The van der Waals surface area contributed by atoms with Crippen molar-refractivity contribution in [2.45, 2.75) is 6.42 Å². The highest BCUT2D eigenvalue weighted by atomic mass is 35.5. The summed E-state index contributed by atoms with van der Waals surface area (Å²) in [6, 6.07) is 1.62. The number of esters is 1. The fraction of sp³-hybridized carbons (Fsp3) is 0.200. The third kappa shape index (κ3) is 3.43. The normalized spacial score (nSPS) is 9.00. The largest absolute Gasteiger partial charge is 0.468 e. The van der Waals surface area contributed by atoms with Crippen molar-refractivity contribution >= 4 is 29.2 Å². The summed E-state index contributed by atoms with van der Waals surface area (Å²) in [7, 11) is 1.31. The second-order valence-corrected chi connectivity index (χ2v) is 3.25. The molecule has 0 N–H and O–H groups in total. The highest BCUT2D eigenvalue weighted by molar-refractivity contribution is 6.41. The summed E-state index contributed by atoms with van der Waals surface area (Å²) < 4.78 is 4.43. The second kappa shape index (κ2) is 5.59. The first-order valence-electron chi connectivity index (χ1n) is 4.01. The average Bonchev–Trinajstić information content (AvgIpc) is 2.24. The van der Waals surface area contributed by atoms with Gasteiger partial charge in [0.05, 0.1) is 12.1 Å². The fourth-order valence-corrected chi connectivity index (χ4v) is 1.12. The number of nitrogens with zero attached hydrogens (tertiary/aromatic N) is 1. The van der Waals surface area contributed by atoms with E-state index in [0.717, 1.165) is 0 Å². The van der Waals surface area contributed by atoms with Crippen molar-refractivity contribution in [1.29, 1.82) is 0 Å². The van der Waals surface area contributed by atoms with Crippen molar-refractivity contribution in [1.82, 2.24) is 4.98 Å². The Morgan fingerprint density at radius 2 is 2.33 bits per heavy atom. The lowest BCUT2D eigenvalue weighted by Gasteiger charge is -1.96. The lowest BCUT2D eigenvalue weighted by molar-refractivity contribution is -0.139. The number of carbonyl (C=O) groups is 1. The molecule has 5 heteroatoms. The molecule has 78 valence electrons. The van der Waals surface area contributed by atoms with Crippen LogP contribution >= 0.6 is 23.2 Å². The number of halogens is 2. The molecule has 0 bridgehead atoms. The van der Waals surface area contributed by atoms with Crippen LogP contribution in [0.2, 0.25) is 10.2 Å². The van der Waals surface area contributed by atoms with E-state index in [0.29, 0.717) is 5.56 Å². The van der Waals surface area contributed by atoms with E-state index in [4.69, 9.17) is 23.2 Å². The van der Waals surface area contributed by atoms with Crippen molar-refractivity contribution < 1.29 is 9.53 Å². The zero-order chi connectivity index (χ0) is 11.3. The summed E-state index contributed by atoms with van der Waals surface area (Å²) in [4.78, 5) is 14.5. The maximum atomic E-state index is 10.8. The number of hydrogen-bond donors (Lipinski definition) is 0. The maximum Gasteiger partial charge on any atom is 0.317 e. The first kappa shape index (κ1) is 11.8. The number of hydrogen-bond acceptors (Lipinski definition) is 3. The van der Waals surface area contributed by atoms with Gasteiger partial charge in [-0.1, -0.05) is 35.0 Å². The quantitative estimate of drug-likeness (QED) is 0.432. The minimum absolute atomic E-state index is 0.0206. The molecule has 15 heavy (non-hydrogen) atoms. The van der Waals surface area contributed by atoms with Crippen molar-refractivity contribution in [2.24, 2.45) is 0 Å². The van der Waals surface area contributed by atoms with E-state index in [1.54, 1.807) is 6.07 Å². The molecule has 3 nitrogen and oxygen atoms in total. The standard InChI is InChI=1S/C10H7Cl2NO2/c1-15-8(14)4-2-3-7-5-6-13-10(12)9(7)11/h5-6H,4H2,1H3. The topological polar surface area (TPSA) is 39.2 Å². The van der Waals surface area contributed by atoms with Crippen LogP contribution in [0.3, 0.4) is 0 Å². The molecule has 0 aromatic carbocycles. The van der Waals surface area contributed by atoms with Gasteiger partial charge in [-0.2, -0.15) is 0 Å². The lowest BCUT2D eigenvalue weighted by Crippen LogP contribution is -1.97. The van der Waals surface area contributed by atoms with Crippen LogP contribution in [0, 0.1) is 11.8 Å². The smallest absolute Gasteiger partial charge is 0.317 e. The van der Waals surface area contributed by atoms with E-state index in [9.17, 15) is 4.79 Å². The van der Waals surface area contributed by atoms with E-state index in [1.807, 2.05) is 0 Å². The van der Waals surface area contributed by atoms with Crippen molar-refractivity contribution in [2.75, 3.05) is 7.11 Å². The Hall–Kier alpha value is -1.24. The molecule has 0 unspecified atom stereocenters. The van der Waals surface area contributed by atoms with E-state index in [-0.39, 0.29) is 16.6 Å². The zero-order valence-electron chi connectivity index (χ0n) is 7.88. The molecule has 0 saturated heterocycles. The Labute approximate surface area is 97.4 Å². The first-order chi connectivity index (χ1) is 7.15. The molecule has 0 fully saturated rings. The van der Waals surface area contributed by atoms with Gasteiger partial charge >= 0.3 is 5.97 Å². The molecule has 1 rings (SSSR count). The van der Waals surface area contributed by atoms with Crippen LogP contribution in [0.5, 0.6) is 0 Å². The van der Waals surface area contributed by atoms with Crippen LogP contribution in [0.15, 0.2) is 12.3 Å². The Bertz CT molecular complexity index is 435. The second-order valence-electron chi connectivity index (χ2n) is 2.52. The van der Waals surface area contributed by atoms with Gasteiger partial charge in [-0.05, 0) is 6.07 Å². The predicted octanol–water partition coefficient (Wildman–Crippen LogP) is 2.30. The highest BCUT2D eigenvalue weighted by Gasteiger charge is 2.02. The fourth-order valence-electron chi connectivity index (χ4n) is 0.799. The van der Waals surface area contributed by atoms with E-state index in [2.05, 4.69) is 21.6 Å². The molecule has 0 aliphatic rings. The minimum atomic E-state index is -0.390. The van der Waals surface area contributed by atoms with Gasteiger partial charge in [0.25, 0.3) is 0 Å². The molecule has 1 heterocycles. The summed E-state index contributed by atoms with van der Waals surface area (Å²) in [6.07, 6.45) is 1.52. The zero-order valence-corrected chi connectivity index (χ0v) is 9.39. The van der Waals surface area contributed by atoms with Crippen LogP contribution in [-0.2, 0) is 9.53 Å². The molecule has 0 radical (unpaired) electrons. The van der Waals surface area contributed by atoms with Gasteiger partial charge in [0, 0.05) is 11.8 Å². The maximum absolute atomic E-state index is 10.8. The summed E-state index contributed by atoms with van der Waals surface area (Å²) >= 11 is 11.5. The molecule has 0 atom stereocenters. The number of pyridine rings is 1. The lowest BCUT2D eigenvalue weighted by atomic mass is 10.2. The Balaban J connectivity index is 2.80. The van der Waals surface area contributed by atoms with E-state index >= 15 is 0 Å². The Kier molecular flexibility index (Phi) is 4.41. The Morgan fingerprint density at radius 3 is 3.00 bits per heavy atom. The van der Waals surface area contributed by atoms with E-state index < -0.39 is 5.97 Å². The monoisotopic (exact) mass is 243 g/mol. The molecule has 1 aromatic heterocycles. The van der Waals surface area contributed by atoms with Gasteiger partial charge in [0.2, 0.25) is 0 Å². The van der Waals surface area contributed by atoms with Crippen molar-refractivity contribution in [3.05, 3.63) is 28.0 Å². The first-order valence-corrected chi connectivity index (χ1v) is 4.76. The minimum Gasteiger partial charge on any atom is -0.468 e. The molecule has 0 aliphatic carbocycles. The summed E-state index contributed by atoms with van der Waals surface area (Å²) in [5, 5.41) is 0.484. The molecular weight excluding hydrogens is 237 g/mol. The molecule has 0 aliphatic heterocycles. The molecule has 0 spiro atoms. The third-order valence-electron chi connectivity index (χ3n) is 1.53. The average molecular weight is 244 g/mol. The van der Waals surface area contributed by atoms with Crippen LogP contribution in [-0.4, -0.2) is 18.1 Å². The van der Waals surface area contributed by atoms with Crippen LogP contribution < -0.4 is 0 Å². The van der Waals surface area contributed by atoms with Crippen LogP contribution in [0.1, 0.15) is 12.0 Å². The summed E-state index contributed by atoms with van der Waals surface area (Å²) in [5.41, 5.74) is 0.542. The van der Waals surface area contributed by atoms with Gasteiger partial charge in [0.1, 0.15) is 11.6 Å². The SMILES string of the molecule is COC(=O)CC#Cc1ccnc(Cl)c1Cl. The summed E-state index contributed by atoms with van der Waals surface area (Å²) in [5.74, 6) is 4.95. The number of ether oxygens (including phenoxy) is 1. The van der Waals surface area contributed by atoms with Crippen molar-refractivity contribution in [3.8, 4) is 11.8 Å². The highest BCUT2D eigenvalue weighted by Crippen LogP contribution is 2.22. The van der Waals surface area contributed by atoms with Crippen LogP contribution in [0.25, 0.3) is 0 Å². The molecule has 0 amide bonds. The van der Waals surface area contributed by atoms with Gasteiger partial charge in [-0.25, -0.2) is 4.98 Å². The number of rotatable bonds is 1. The Morgan fingerprint density at radius 1 is 1.60 bits per heavy atom. The van der Waals surface area contributed by atoms with Gasteiger partial charge in [0.15, 0.2) is 0 Å². The van der Waals surface area contributed by atoms with Gasteiger partial charge < -0.3 is 4.74 Å². The summed E-state index contributed by atoms with van der Waals surface area (Å²) in [6.45, 7) is 0. The van der Waals surface area contributed by atoms with Gasteiger partial charge in [-0.15, -0.1) is 0 Å².